The summed E-state index contributed by atoms with van der Waals surface area (Å²) in [6.45, 7) is 2.45. The third-order valence-electron chi connectivity index (χ3n) is 3.62. The molecule has 2 amide bonds. The number of halogens is 1. The van der Waals surface area contributed by atoms with Crippen molar-refractivity contribution in [2.45, 2.75) is 13.5 Å². The maximum Gasteiger partial charge on any atom is 0.251 e. The van der Waals surface area contributed by atoms with Crippen LogP contribution in [0.3, 0.4) is 0 Å². The lowest BCUT2D eigenvalue weighted by molar-refractivity contribution is -0.130. The van der Waals surface area contributed by atoms with Crippen LogP contribution in [0.25, 0.3) is 0 Å². The zero-order valence-electron chi connectivity index (χ0n) is 14.0. The van der Waals surface area contributed by atoms with Gasteiger partial charge in [0.05, 0.1) is 13.1 Å². The second kappa shape index (κ2) is 8.91. The summed E-state index contributed by atoms with van der Waals surface area (Å²) >= 11 is 5.87. The van der Waals surface area contributed by atoms with E-state index in [1.165, 1.54) is 4.90 Å². The monoisotopic (exact) mass is 354 g/mol. The van der Waals surface area contributed by atoms with Gasteiger partial charge in [-0.05, 0) is 30.7 Å². The Morgan fingerprint density at radius 2 is 1.92 bits per heavy atom. The van der Waals surface area contributed by atoms with Crippen LogP contribution in [0.5, 0.6) is 0 Å². The first kappa shape index (κ1) is 18.6. The van der Waals surface area contributed by atoms with Gasteiger partial charge in [0.15, 0.2) is 0 Å². The van der Waals surface area contributed by atoms with Gasteiger partial charge in [-0.3, -0.25) is 9.59 Å². The molecule has 0 saturated heterocycles. The molecule has 0 saturated carbocycles. The quantitative estimate of drug-likeness (QED) is 0.810. The molecule has 0 radical (unpaired) electrons. The van der Waals surface area contributed by atoms with Crippen LogP contribution in [0.1, 0.15) is 21.5 Å². The average Bonchev–Trinajstić information content (AvgIpc) is 2.60. The van der Waals surface area contributed by atoms with Crippen LogP contribution >= 0.6 is 11.6 Å². The Labute approximate surface area is 152 Å². The smallest absolute Gasteiger partial charge is 0.251 e. The molecule has 0 atom stereocenters. The molecule has 128 valence electrons. The number of carbonyl (C=O) groups excluding carboxylic acids is 2. The number of nitrogens with one attached hydrogen (secondary N) is 1. The molecular weight excluding hydrogens is 336 g/mol. The highest BCUT2D eigenvalue weighted by atomic mass is 35.5. The Bertz CT molecular complexity index is 794. The average molecular weight is 355 g/mol. The Hall–Kier alpha value is -2.77. The summed E-state index contributed by atoms with van der Waals surface area (Å²) < 4.78 is 0. The van der Waals surface area contributed by atoms with E-state index in [0.29, 0.717) is 17.1 Å². The van der Waals surface area contributed by atoms with Crippen LogP contribution in [-0.2, 0) is 11.3 Å². The SMILES string of the molecule is C#CCN(Cc1ccc(C)cc1)C(=O)CNC(=O)c1cccc(Cl)c1. The van der Waals surface area contributed by atoms with E-state index < -0.39 is 0 Å². The highest BCUT2D eigenvalue weighted by molar-refractivity contribution is 6.30. The molecule has 0 heterocycles. The molecule has 0 aliphatic heterocycles. The lowest BCUT2D eigenvalue weighted by atomic mass is 10.1. The van der Waals surface area contributed by atoms with Crippen LogP contribution in [0, 0.1) is 19.3 Å². The fourth-order valence-electron chi connectivity index (χ4n) is 2.26. The third-order valence-corrected chi connectivity index (χ3v) is 3.85. The first-order valence-electron chi connectivity index (χ1n) is 7.80. The Morgan fingerprint density at radius 1 is 1.20 bits per heavy atom. The lowest BCUT2D eigenvalue weighted by Gasteiger charge is -2.20. The van der Waals surface area contributed by atoms with Gasteiger partial charge in [-0.1, -0.05) is 53.4 Å². The standard InChI is InChI=1S/C20H19ClN2O2/c1-3-11-23(14-16-9-7-15(2)8-10-16)19(24)13-22-20(25)17-5-4-6-18(21)12-17/h1,4-10,12H,11,13-14H2,2H3,(H,22,25). The van der Waals surface area contributed by atoms with Crippen molar-refractivity contribution in [2.75, 3.05) is 13.1 Å². The summed E-state index contributed by atoms with van der Waals surface area (Å²) in [6.07, 6.45) is 5.36. The summed E-state index contributed by atoms with van der Waals surface area (Å²) in [6, 6.07) is 14.4. The van der Waals surface area contributed by atoms with Gasteiger partial charge < -0.3 is 10.2 Å². The van der Waals surface area contributed by atoms with E-state index in [-0.39, 0.29) is 24.9 Å². The topological polar surface area (TPSA) is 49.4 Å². The molecule has 5 heteroatoms. The fraction of sp³-hybridized carbons (Fsp3) is 0.200. The normalized spacial score (nSPS) is 9.96. The number of hydrogen-bond donors (Lipinski definition) is 1. The number of terminal acetylenes is 1. The largest absolute Gasteiger partial charge is 0.343 e. The van der Waals surface area contributed by atoms with Gasteiger partial charge in [0.25, 0.3) is 5.91 Å². The van der Waals surface area contributed by atoms with Gasteiger partial charge >= 0.3 is 0 Å². The Morgan fingerprint density at radius 3 is 2.56 bits per heavy atom. The second-order valence-electron chi connectivity index (χ2n) is 5.63. The summed E-state index contributed by atoms with van der Waals surface area (Å²) in [5, 5.41) is 3.07. The number of carbonyl (C=O) groups is 2. The van der Waals surface area contributed by atoms with Crippen molar-refractivity contribution in [2.24, 2.45) is 0 Å². The van der Waals surface area contributed by atoms with E-state index in [4.69, 9.17) is 18.0 Å². The summed E-state index contributed by atoms with van der Waals surface area (Å²) in [5.41, 5.74) is 2.53. The minimum absolute atomic E-state index is 0.126. The van der Waals surface area contributed by atoms with Gasteiger partial charge in [-0.15, -0.1) is 6.42 Å². The fourth-order valence-corrected chi connectivity index (χ4v) is 2.45. The Balaban J connectivity index is 1.96. The first-order chi connectivity index (χ1) is 12.0. The van der Waals surface area contributed by atoms with Crippen molar-refractivity contribution in [3.8, 4) is 12.3 Å². The van der Waals surface area contributed by atoms with Crippen molar-refractivity contribution in [3.63, 3.8) is 0 Å². The van der Waals surface area contributed by atoms with E-state index in [1.807, 2.05) is 31.2 Å². The highest BCUT2D eigenvalue weighted by Gasteiger charge is 2.15. The van der Waals surface area contributed by atoms with E-state index in [9.17, 15) is 9.59 Å². The second-order valence-corrected chi connectivity index (χ2v) is 6.07. The van der Waals surface area contributed by atoms with Crippen molar-refractivity contribution >= 4 is 23.4 Å². The zero-order valence-corrected chi connectivity index (χ0v) is 14.7. The number of benzene rings is 2. The highest BCUT2D eigenvalue weighted by Crippen LogP contribution is 2.10. The predicted octanol–water partition coefficient (Wildman–Crippen LogP) is 3.04. The molecule has 0 unspecified atom stereocenters. The maximum atomic E-state index is 12.4. The van der Waals surface area contributed by atoms with Crippen molar-refractivity contribution in [1.82, 2.24) is 10.2 Å². The molecular formula is C20H19ClN2O2. The van der Waals surface area contributed by atoms with Gasteiger partial charge in [0.2, 0.25) is 5.91 Å². The van der Waals surface area contributed by atoms with Gasteiger partial charge in [-0.25, -0.2) is 0 Å². The van der Waals surface area contributed by atoms with Crippen LogP contribution in [-0.4, -0.2) is 29.8 Å². The molecule has 1 N–H and O–H groups in total. The van der Waals surface area contributed by atoms with Crippen LogP contribution in [0.15, 0.2) is 48.5 Å². The minimum atomic E-state index is -0.355. The van der Waals surface area contributed by atoms with Crippen molar-refractivity contribution in [1.29, 1.82) is 0 Å². The third kappa shape index (κ3) is 5.66. The van der Waals surface area contributed by atoms with Gasteiger partial charge in [-0.2, -0.15) is 0 Å². The van der Waals surface area contributed by atoms with Crippen LogP contribution in [0.2, 0.25) is 5.02 Å². The summed E-state index contributed by atoms with van der Waals surface area (Å²) in [7, 11) is 0. The van der Waals surface area contributed by atoms with E-state index in [2.05, 4.69) is 11.2 Å². The van der Waals surface area contributed by atoms with Crippen molar-refractivity contribution in [3.05, 3.63) is 70.2 Å². The molecule has 0 bridgehead atoms. The maximum absolute atomic E-state index is 12.4. The molecule has 0 aliphatic rings. The number of aryl methyl sites for hydroxylation is 1. The number of rotatable bonds is 6. The molecule has 0 spiro atoms. The lowest BCUT2D eigenvalue weighted by Crippen LogP contribution is -2.40. The van der Waals surface area contributed by atoms with Crippen molar-refractivity contribution < 1.29 is 9.59 Å². The van der Waals surface area contributed by atoms with E-state index in [0.717, 1.165) is 11.1 Å². The molecule has 2 aromatic carbocycles. The molecule has 0 aliphatic carbocycles. The van der Waals surface area contributed by atoms with E-state index in [1.54, 1.807) is 24.3 Å². The number of hydrogen-bond acceptors (Lipinski definition) is 2. The molecule has 2 rings (SSSR count). The van der Waals surface area contributed by atoms with E-state index >= 15 is 0 Å². The Kier molecular flexibility index (Phi) is 6.62. The minimum Gasteiger partial charge on any atom is -0.343 e. The van der Waals surface area contributed by atoms with Crippen LogP contribution in [0.4, 0.5) is 0 Å². The summed E-state index contributed by atoms with van der Waals surface area (Å²) in [4.78, 5) is 26.0. The first-order valence-corrected chi connectivity index (χ1v) is 8.18. The zero-order chi connectivity index (χ0) is 18.2. The molecule has 4 nitrogen and oxygen atoms in total. The summed E-state index contributed by atoms with van der Waals surface area (Å²) in [5.74, 6) is 1.89. The molecule has 2 aromatic rings. The molecule has 0 fully saturated rings. The van der Waals surface area contributed by atoms with Gasteiger partial charge in [0, 0.05) is 17.1 Å². The number of amides is 2. The molecule has 25 heavy (non-hydrogen) atoms. The van der Waals surface area contributed by atoms with Crippen LogP contribution < -0.4 is 5.32 Å². The number of nitrogens with zero attached hydrogens (tertiary/aromatic N) is 1. The predicted molar refractivity (Wildman–Crippen MR) is 99.2 cm³/mol. The van der Waals surface area contributed by atoms with Gasteiger partial charge in [0.1, 0.15) is 0 Å². The molecule has 0 aromatic heterocycles.